The zero-order valence-corrected chi connectivity index (χ0v) is 15.4. The Hall–Kier alpha value is -2.29. The van der Waals surface area contributed by atoms with E-state index in [-0.39, 0.29) is 17.6 Å². The second-order valence-corrected chi connectivity index (χ2v) is 7.19. The summed E-state index contributed by atoms with van der Waals surface area (Å²) >= 11 is 1.71. The first-order valence-corrected chi connectivity index (χ1v) is 9.50. The lowest BCUT2D eigenvalue weighted by Crippen LogP contribution is -2.52. The number of thiophene rings is 1. The Balaban J connectivity index is 1.48. The molecular formula is C18H22N4O3S. The van der Waals surface area contributed by atoms with Gasteiger partial charge < -0.3 is 5.32 Å². The third kappa shape index (κ3) is 4.66. The number of nitro benzene ring substituents is 1. The number of non-ortho nitro benzene ring substituents is 1. The van der Waals surface area contributed by atoms with E-state index in [9.17, 15) is 14.9 Å². The summed E-state index contributed by atoms with van der Waals surface area (Å²) < 4.78 is 0. The first-order valence-electron chi connectivity index (χ1n) is 8.56. The molecule has 1 saturated heterocycles. The van der Waals surface area contributed by atoms with E-state index in [2.05, 4.69) is 31.9 Å². The van der Waals surface area contributed by atoms with Crippen molar-refractivity contribution in [2.75, 3.05) is 31.5 Å². The quantitative estimate of drug-likeness (QED) is 0.621. The Morgan fingerprint density at radius 2 is 1.92 bits per heavy atom. The fraction of sp³-hybridized carbons (Fsp3) is 0.389. The topological polar surface area (TPSA) is 78.7 Å². The molecule has 0 saturated carbocycles. The smallest absolute Gasteiger partial charge is 0.269 e. The van der Waals surface area contributed by atoms with Gasteiger partial charge in [-0.1, -0.05) is 0 Å². The van der Waals surface area contributed by atoms with Crippen molar-refractivity contribution < 1.29 is 9.72 Å². The van der Waals surface area contributed by atoms with Crippen molar-refractivity contribution in [1.29, 1.82) is 0 Å². The highest BCUT2D eigenvalue weighted by molar-refractivity contribution is 7.07. The number of carbonyl (C=O) groups is 1. The maximum Gasteiger partial charge on any atom is 0.269 e. The van der Waals surface area contributed by atoms with Gasteiger partial charge in [0, 0.05) is 50.5 Å². The molecule has 1 aliphatic heterocycles. The summed E-state index contributed by atoms with van der Waals surface area (Å²) in [6, 6.07) is 7.81. The van der Waals surface area contributed by atoms with E-state index in [1.165, 1.54) is 17.7 Å². The van der Waals surface area contributed by atoms with Gasteiger partial charge in [0.1, 0.15) is 0 Å². The van der Waals surface area contributed by atoms with Gasteiger partial charge in [0.25, 0.3) is 5.69 Å². The van der Waals surface area contributed by atoms with Crippen LogP contribution in [0, 0.1) is 10.1 Å². The number of anilines is 1. The molecule has 1 aromatic heterocycles. The monoisotopic (exact) mass is 374 g/mol. The number of amides is 1. The van der Waals surface area contributed by atoms with E-state index in [0.717, 1.165) is 32.7 Å². The van der Waals surface area contributed by atoms with Crippen LogP contribution in [0.2, 0.25) is 0 Å². The average Bonchev–Trinajstić information content (AvgIpc) is 3.15. The van der Waals surface area contributed by atoms with Crippen molar-refractivity contribution in [3.05, 3.63) is 56.8 Å². The maximum absolute atomic E-state index is 12.5. The Morgan fingerprint density at radius 1 is 1.23 bits per heavy atom. The van der Waals surface area contributed by atoms with Gasteiger partial charge in [-0.2, -0.15) is 11.3 Å². The standard InChI is InChI=1S/C18H22N4O3S/c1-14(18(23)19-16-2-4-17(5-3-16)22(24)25)21-9-7-20(8-10-21)12-15-6-11-26-13-15/h2-6,11,13-14H,7-10,12H2,1H3,(H,19,23)/t14-/m0/s1. The van der Waals surface area contributed by atoms with E-state index in [0.29, 0.717) is 5.69 Å². The zero-order valence-electron chi connectivity index (χ0n) is 14.6. The summed E-state index contributed by atoms with van der Waals surface area (Å²) in [6.45, 7) is 6.42. The summed E-state index contributed by atoms with van der Waals surface area (Å²) in [6.07, 6.45) is 0. The third-order valence-corrected chi connectivity index (χ3v) is 5.40. The van der Waals surface area contributed by atoms with Crippen molar-refractivity contribution in [3.8, 4) is 0 Å². The van der Waals surface area contributed by atoms with Gasteiger partial charge in [0.05, 0.1) is 11.0 Å². The highest BCUT2D eigenvalue weighted by Crippen LogP contribution is 2.17. The molecule has 0 bridgehead atoms. The van der Waals surface area contributed by atoms with Gasteiger partial charge in [0.15, 0.2) is 0 Å². The molecule has 0 unspecified atom stereocenters. The van der Waals surface area contributed by atoms with Gasteiger partial charge in [-0.15, -0.1) is 0 Å². The van der Waals surface area contributed by atoms with Crippen LogP contribution >= 0.6 is 11.3 Å². The predicted molar refractivity (Wildman–Crippen MR) is 102 cm³/mol. The molecule has 0 aliphatic carbocycles. The van der Waals surface area contributed by atoms with Gasteiger partial charge >= 0.3 is 0 Å². The third-order valence-electron chi connectivity index (χ3n) is 4.67. The molecule has 1 amide bonds. The molecule has 8 heteroatoms. The van der Waals surface area contributed by atoms with Crippen molar-refractivity contribution in [2.24, 2.45) is 0 Å². The largest absolute Gasteiger partial charge is 0.325 e. The van der Waals surface area contributed by atoms with E-state index in [1.54, 1.807) is 23.5 Å². The zero-order chi connectivity index (χ0) is 18.5. The van der Waals surface area contributed by atoms with Crippen molar-refractivity contribution >= 4 is 28.6 Å². The Labute approximate surface area is 156 Å². The van der Waals surface area contributed by atoms with Crippen LogP contribution in [-0.2, 0) is 11.3 Å². The summed E-state index contributed by atoms with van der Waals surface area (Å²) in [5, 5.41) is 17.8. The molecule has 2 heterocycles. The number of piperazine rings is 1. The van der Waals surface area contributed by atoms with Crippen LogP contribution in [0.3, 0.4) is 0 Å². The Kier molecular flexibility index (Phi) is 5.97. The Bertz CT molecular complexity index is 740. The van der Waals surface area contributed by atoms with Crippen LogP contribution in [0.5, 0.6) is 0 Å². The molecule has 26 heavy (non-hydrogen) atoms. The number of nitro groups is 1. The van der Waals surface area contributed by atoms with E-state index in [4.69, 9.17) is 0 Å². The van der Waals surface area contributed by atoms with Crippen LogP contribution in [0.25, 0.3) is 0 Å². The van der Waals surface area contributed by atoms with Gasteiger partial charge in [-0.25, -0.2) is 0 Å². The lowest BCUT2D eigenvalue weighted by Gasteiger charge is -2.37. The Morgan fingerprint density at radius 3 is 2.50 bits per heavy atom. The van der Waals surface area contributed by atoms with Gasteiger partial charge in [0.2, 0.25) is 5.91 Å². The summed E-state index contributed by atoms with van der Waals surface area (Å²) in [5.41, 5.74) is 1.92. The lowest BCUT2D eigenvalue weighted by atomic mass is 10.2. The molecule has 2 aromatic rings. The number of hydrogen-bond acceptors (Lipinski definition) is 6. The summed E-state index contributed by atoms with van der Waals surface area (Å²) in [5.74, 6) is -0.0925. The van der Waals surface area contributed by atoms with E-state index < -0.39 is 4.92 Å². The van der Waals surface area contributed by atoms with Crippen molar-refractivity contribution in [3.63, 3.8) is 0 Å². The molecule has 1 fully saturated rings. The SMILES string of the molecule is C[C@@H](C(=O)Nc1ccc([N+](=O)[O-])cc1)N1CCN(Cc2ccsc2)CC1. The summed E-state index contributed by atoms with van der Waals surface area (Å²) in [7, 11) is 0. The lowest BCUT2D eigenvalue weighted by molar-refractivity contribution is -0.384. The molecule has 3 rings (SSSR count). The minimum atomic E-state index is -0.455. The summed E-state index contributed by atoms with van der Waals surface area (Å²) in [4.78, 5) is 27.3. The van der Waals surface area contributed by atoms with Crippen LogP contribution in [0.4, 0.5) is 11.4 Å². The number of hydrogen-bond donors (Lipinski definition) is 1. The fourth-order valence-corrected chi connectivity index (χ4v) is 3.69. The molecule has 0 spiro atoms. The van der Waals surface area contributed by atoms with Crippen molar-refractivity contribution in [2.45, 2.75) is 19.5 Å². The van der Waals surface area contributed by atoms with Crippen molar-refractivity contribution in [1.82, 2.24) is 9.80 Å². The van der Waals surface area contributed by atoms with Gasteiger partial charge in [-0.05, 0) is 41.4 Å². The predicted octanol–water partition coefficient (Wildman–Crippen LogP) is 2.80. The molecule has 1 N–H and O–H groups in total. The molecule has 1 atom stereocenters. The molecule has 1 aliphatic rings. The van der Waals surface area contributed by atoms with Crippen LogP contribution in [0.15, 0.2) is 41.1 Å². The molecule has 1 aromatic carbocycles. The molecule has 0 radical (unpaired) electrons. The van der Waals surface area contributed by atoms with Crippen LogP contribution in [0.1, 0.15) is 12.5 Å². The minimum absolute atomic E-state index is 0.0118. The van der Waals surface area contributed by atoms with Crippen LogP contribution in [-0.4, -0.2) is 52.9 Å². The number of benzene rings is 1. The maximum atomic E-state index is 12.5. The molecule has 138 valence electrons. The molecular weight excluding hydrogens is 352 g/mol. The number of carbonyl (C=O) groups excluding carboxylic acids is 1. The average molecular weight is 374 g/mol. The number of nitrogens with one attached hydrogen (secondary N) is 1. The number of rotatable bonds is 6. The minimum Gasteiger partial charge on any atom is -0.325 e. The highest BCUT2D eigenvalue weighted by atomic mass is 32.1. The first-order chi connectivity index (χ1) is 12.5. The highest BCUT2D eigenvalue weighted by Gasteiger charge is 2.25. The fourth-order valence-electron chi connectivity index (χ4n) is 3.03. The van der Waals surface area contributed by atoms with Gasteiger partial charge in [-0.3, -0.25) is 24.7 Å². The van der Waals surface area contributed by atoms with E-state index >= 15 is 0 Å². The normalized spacial score (nSPS) is 17.0. The second kappa shape index (κ2) is 8.39. The number of nitrogens with zero attached hydrogens (tertiary/aromatic N) is 3. The van der Waals surface area contributed by atoms with E-state index in [1.807, 2.05) is 6.92 Å². The first kappa shape index (κ1) is 18.5. The second-order valence-electron chi connectivity index (χ2n) is 6.41. The van der Waals surface area contributed by atoms with Crippen LogP contribution < -0.4 is 5.32 Å². The molecule has 7 nitrogen and oxygen atoms in total.